The third kappa shape index (κ3) is 6.17. The van der Waals surface area contributed by atoms with E-state index in [1.54, 1.807) is 0 Å². The van der Waals surface area contributed by atoms with Gasteiger partial charge in [-0.05, 0) is 66.1 Å². The van der Waals surface area contributed by atoms with Gasteiger partial charge >= 0.3 is 0 Å². The molecule has 0 amide bonds. The van der Waals surface area contributed by atoms with Crippen molar-refractivity contribution in [3.63, 3.8) is 0 Å². The van der Waals surface area contributed by atoms with E-state index in [0.717, 1.165) is 19.6 Å². The average Bonchev–Trinajstić information content (AvgIpc) is 2.38. The van der Waals surface area contributed by atoms with Crippen LogP contribution >= 0.6 is 0 Å². The normalized spacial score (nSPS) is 25.0. The number of nitrogens with one attached hydrogen (secondary N) is 1. The van der Waals surface area contributed by atoms with E-state index >= 15 is 0 Å². The first-order valence-corrected chi connectivity index (χ1v) is 7.68. The van der Waals surface area contributed by atoms with Crippen LogP contribution in [0.5, 0.6) is 0 Å². The molecular weight excluding hydrogens is 224 g/mol. The number of hydrogen-bond donors (Lipinski definition) is 1. The van der Waals surface area contributed by atoms with E-state index in [0.29, 0.717) is 18.2 Å². The molecule has 3 heteroatoms. The van der Waals surface area contributed by atoms with Crippen LogP contribution in [0.4, 0.5) is 0 Å². The SMILES string of the molecule is CCC1CC(NCCCCN(C)C(C)C)CCO1. The average molecular weight is 256 g/mol. The molecule has 2 atom stereocenters. The van der Waals surface area contributed by atoms with Gasteiger partial charge in [-0.25, -0.2) is 0 Å². The summed E-state index contributed by atoms with van der Waals surface area (Å²) in [5.74, 6) is 0. The number of hydrogen-bond acceptors (Lipinski definition) is 3. The molecule has 0 radical (unpaired) electrons. The van der Waals surface area contributed by atoms with Crippen LogP contribution in [0.3, 0.4) is 0 Å². The molecule has 1 rings (SSSR count). The van der Waals surface area contributed by atoms with Crippen molar-refractivity contribution in [2.24, 2.45) is 0 Å². The first kappa shape index (κ1) is 15.9. The molecule has 1 aliphatic rings. The molecule has 0 aromatic heterocycles. The quantitative estimate of drug-likeness (QED) is 0.676. The van der Waals surface area contributed by atoms with Crippen molar-refractivity contribution in [3.05, 3.63) is 0 Å². The van der Waals surface area contributed by atoms with Crippen LogP contribution in [-0.2, 0) is 4.74 Å². The van der Waals surface area contributed by atoms with Gasteiger partial charge in [-0.1, -0.05) is 6.92 Å². The molecule has 1 N–H and O–H groups in total. The summed E-state index contributed by atoms with van der Waals surface area (Å²) in [5.41, 5.74) is 0. The summed E-state index contributed by atoms with van der Waals surface area (Å²) in [5, 5.41) is 3.69. The van der Waals surface area contributed by atoms with Crippen LogP contribution in [-0.4, -0.2) is 49.8 Å². The maximum absolute atomic E-state index is 5.70. The Kier molecular flexibility index (Phi) is 7.87. The standard InChI is InChI=1S/C15H32N2O/c1-5-15-12-14(8-11-18-15)16-9-6-7-10-17(4)13(2)3/h13-16H,5-12H2,1-4H3. The summed E-state index contributed by atoms with van der Waals surface area (Å²) >= 11 is 0. The minimum absolute atomic E-state index is 0.489. The minimum Gasteiger partial charge on any atom is -0.378 e. The summed E-state index contributed by atoms with van der Waals surface area (Å²) in [6, 6.07) is 1.35. The Morgan fingerprint density at radius 3 is 2.78 bits per heavy atom. The summed E-state index contributed by atoms with van der Waals surface area (Å²) in [6.07, 6.45) is 6.60. The van der Waals surface area contributed by atoms with Gasteiger partial charge < -0.3 is 15.0 Å². The van der Waals surface area contributed by atoms with E-state index in [-0.39, 0.29) is 0 Å². The molecule has 2 unspecified atom stereocenters. The Bertz CT molecular complexity index is 209. The molecule has 18 heavy (non-hydrogen) atoms. The fourth-order valence-corrected chi connectivity index (χ4v) is 2.40. The van der Waals surface area contributed by atoms with Gasteiger partial charge in [-0.15, -0.1) is 0 Å². The fraction of sp³-hybridized carbons (Fsp3) is 1.00. The number of nitrogens with zero attached hydrogens (tertiary/aromatic N) is 1. The Labute approximate surface area is 113 Å². The molecular formula is C15H32N2O. The van der Waals surface area contributed by atoms with Crippen LogP contribution in [0.1, 0.15) is 52.9 Å². The Balaban J connectivity index is 2.00. The first-order valence-electron chi connectivity index (χ1n) is 7.68. The molecule has 0 aliphatic carbocycles. The third-order valence-corrected chi connectivity index (χ3v) is 4.07. The Morgan fingerprint density at radius 1 is 1.33 bits per heavy atom. The smallest absolute Gasteiger partial charge is 0.0587 e. The highest BCUT2D eigenvalue weighted by atomic mass is 16.5. The van der Waals surface area contributed by atoms with Gasteiger partial charge in [-0.3, -0.25) is 0 Å². The maximum Gasteiger partial charge on any atom is 0.0587 e. The molecule has 0 bridgehead atoms. The van der Waals surface area contributed by atoms with Gasteiger partial charge in [0.25, 0.3) is 0 Å². The van der Waals surface area contributed by atoms with Crippen LogP contribution in [0.2, 0.25) is 0 Å². The zero-order valence-corrected chi connectivity index (χ0v) is 12.7. The van der Waals surface area contributed by atoms with Crippen molar-refractivity contribution < 1.29 is 4.74 Å². The van der Waals surface area contributed by atoms with E-state index in [2.05, 4.69) is 38.0 Å². The highest BCUT2D eigenvalue weighted by Gasteiger charge is 2.20. The van der Waals surface area contributed by atoms with E-state index in [1.165, 1.54) is 32.2 Å². The molecule has 1 heterocycles. The van der Waals surface area contributed by atoms with Crippen molar-refractivity contribution in [2.45, 2.75) is 71.1 Å². The zero-order valence-electron chi connectivity index (χ0n) is 12.7. The predicted molar refractivity (Wildman–Crippen MR) is 78.1 cm³/mol. The van der Waals surface area contributed by atoms with E-state index in [9.17, 15) is 0 Å². The van der Waals surface area contributed by atoms with Crippen LogP contribution in [0, 0.1) is 0 Å². The second kappa shape index (κ2) is 8.89. The van der Waals surface area contributed by atoms with Crippen molar-refractivity contribution in [1.29, 1.82) is 0 Å². The number of unbranched alkanes of at least 4 members (excludes halogenated alkanes) is 1. The van der Waals surface area contributed by atoms with Crippen molar-refractivity contribution in [2.75, 3.05) is 26.7 Å². The third-order valence-electron chi connectivity index (χ3n) is 4.07. The molecule has 1 aliphatic heterocycles. The van der Waals surface area contributed by atoms with E-state index < -0.39 is 0 Å². The molecule has 0 aromatic carbocycles. The summed E-state index contributed by atoms with van der Waals surface area (Å²) < 4.78 is 5.70. The predicted octanol–water partition coefficient (Wildman–Crippen LogP) is 2.65. The van der Waals surface area contributed by atoms with Gasteiger partial charge in [0.15, 0.2) is 0 Å². The second-order valence-electron chi connectivity index (χ2n) is 5.86. The van der Waals surface area contributed by atoms with Crippen molar-refractivity contribution in [1.82, 2.24) is 10.2 Å². The van der Waals surface area contributed by atoms with Crippen LogP contribution in [0.25, 0.3) is 0 Å². The minimum atomic E-state index is 0.489. The molecule has 0 saturated carbocycles. The summed E-state index contributed by atoms with van der Waals surface area (Å²) in [4.78, 5) is 2.42. The number of rotatable bonds is 8. The van der Waals surface area contributed by atoms with Crippen LogP contribution < -0.4 is 5.32 Å². The molecule has 3 nitrogen and oxygen atoms in total. The van der Waals surface area contributed by atoms with E-state index in [4.69, 9.17) is 4.74 Å². The monoisotopic (exact) mass is 256 g/mol. The lowest BCUT2D eigenvalue weighted by atomic mass is 10.0. The largest absolute Gasteiger partial charge is 0.378 e. The van der Waals surface area contributed by atoms with Crippen molar-refractivity contribution >= 4 is 0 Å². The zero-order chi connectivity index (χ0) is 13.4. The second-order valence-corrected chi connectivity index (χ2v) is 5.86. The lowest BCUT2D eigenvalue weighted by molar-refractivity contribution is -0.0000205. The Morgan fingerprint density at radius 2 is 2.11 bits per heavy atom. The lowest BCUT2D eigenvalue weighted by Crippen LogP contribution is -2.39. The summed E-state index contributed by atoms with van der Waals surface area (Å²) in [6.45, 7) is 10.0. The first-order chi connectivity index (χ1) is 8.63. The van der Waals surface area contributed by atoms with Gasteiger partial charge in [-0.2, -0.15) is 0 Å². The van der Waals surface area contributed by atoms with Gasteiger partial charge in [0.2, 0.25) is 0 Å². The molecule has 108 valence electrons. The van der Waals surface area contributed by atoms with E-state index in [1.807, 2.05) is 0 Å². The topological polar surface area (TPSA) is 24.5 Å². The van der Waals surface area contributed by atoms with Gasteiger partial charge in [0.1, 0.15) is 0 Å². The molecule has 0 spiro atoms. The Hall–Kier alpha value is -0.120. The molecule has 1 saturated heterocycles. The lowest BCUT2D eigenvalue weighted by Gasteiger charge is -2.29. The van der Waals surface area contributed by atoms with Gasteiger partial charge in [0.05, 0.1) is 6.10 Å². The summed E-state index contributed by atoms with van der Waals surface area (Å²) in [7, 11) is 2.21. The van der Waals surface area contributed by atoms with Crippen LogP contribution in [0.15, 0.2) is 0 Å². The highest BCUT2D eigenvalue weighted by Crippen LogP contribution is 2.16. The van der Waals surface area contributed by atoms with Gasteiger partial charge in [0, 0.05) is 18.7 Å². The number of ether oxygens (including phenoxy) is 1. The highest BCUT2D eigenvalue weighted by molar-refractivity contribution is 4.76. The molecule has 0 aromatic rings. The molecule has 1 fully saturated rings. The maximum atomic E-state index is 5.70. The van der Waals surface area contributed by atoms with Crippen molar-refractivity contribution in [3.8, 4) is 0 Å². The fourth-order valence-electron chi connectivity index (χ4n) is 2.40.